The van der Waals surface area contributed by atoms with E-state index < -0.39 is 0 Å². The molecule has 1 rings (SSSR count). The van der Waals surface area contributed by atoms with Gasteiger partial charge >= 0.3 is 0 Å². The second-order valence-corrected chi connectivity index (χ2v) is 1.65. The molecular weight excluding hydrogens is 108 g/mol. The monoisotopic (exact) mass is 119 g/mol. The lowest BCUT2D eigenvalue weighted by atomic mass is 10.2. The molecule has 0 unspecified atom stereocenters. The maximum atomic E-state index is 4.25. The lowest BCUT2D eigenvalue weighted by Gasteiger charge is -1.82. The molecule has 0 amide bonds. The summed E-state index contributed by atoms with van der Waals surface area (Å²) in [5.41, 5.74) is 1.32. The van der Waals surface area contributed by atoms with Gasteiger partial charge in [0.25, 0.3) is 0 Å². The van der Waals surface area contributed by atoms with E-state index in [0.717, 1.165) is 0 Å². The maximum Gasteiger partial charge on any atom is -0.0398 e. The van der Waals surface area contributed by atoms with Crippen molar-refractivity contribution >= 4 is 0 Å². The summed E-state index contributed by atoms with van der Waals surface area (Å²) in [6, 6.07) is 10.3. The van der Waals surface area contributed by atoms with E-state index in [4.69, 9.17) is 0 Å². The van der Waals surface area contributed by atoms with Crippen LogP contribution in [0.1, 0.15) is 5.56 Å². The zero-order valence-electron chi connectivity index (χ0n) is 5.67. The van der Waals surface area contributed by atoms with Crippen molar-refractivity contribution in [2.45, 2.75) is 6.92 Å². The van der Waals surface area contributed by atoms with E-state index in [0.29, 0.717) is 0 Å². The second kappa shape index (κ2) is 5.10. The molecule has 0 fully saturated rings. The van der Waals surface area contributed by atoms with E-state index in [-0.39, 0.29) is 0 Å². The summed E-state index contributed by atoms with van der Waals surface area (Å²) < 4.78 is 0. The van der Waals surface area contributed by atoms with Gasteiger partial charge in [0.2, 0.25) is 0 Å². The SMILES string of the molecule is Cc1ccccc1.[CH]=C. The van der Waals surface area contributed by atoms with Crippen LogP contribution in [0.15, 0.2) is 36.9 Å². The molecule has 0 bridgehead atoms. The molecule has 9 heavy (non-hydrogen) atoms. The van der Waals surface area contributed by atoms with Crippen molar-refractivity contribution in [1.82, 2.24) is 0 Å². The highest BCUT2D eigenvalue weighted by molar-refractivity contribution is 5.11. The van der Waals surface area contributed by atoms with Crippen LogP contribution in [0, 0.1) is 13.5 Å². The number of benzene rings is 1. The van der Waals surface area contributed by atoms with Crippen molar-refractivity contribution in [3.8, 4) is 0 Å². The van der Waals surface area contributed by atoms with Gasteiger partial charge in [-0.3, -0.25) is 0 Å². The van der Waals surface area contributed by atoms with Gasteiger partial charge in [0.15, 0.2) is 0 Å². The largest absolute Gasteiger partial charge is 0.0991 e. The summed E-state index contributed by atoms with van der Waals surface area (Å²) in [6.45, 7) is 9.08. The van der Waals surface area contributed by atoms with Crippen LogP contribution in [-0.2, 0) is 0 Å². The fourth-order valence-corrected chi connectivity index (χ4v) is 0.534. The number of aryl methyl sites for hydroxylation is 1. The van der Waals surface area contributed by atoms with E-state index in [1.54, 1.807) is 0 Å². The third-order valence-electron chi connectivity index (χ3n) is 0.940. The van der Waals surface area contributed by atoms with Gasteiger partial charge in [0.1, 0.15) is 0 Å². The molecular formula is C9H11. The van der Waals surface area contributed by atoms with Crippen molar-refractivity contribution in [3.63, 3.8) is 0 Å². The minimum absolute atomic E-state index is 1.32. The van der Waals surface area contributed by atoms with Crippen LogP contribution in [0.3, 0.4) is 0 Å². The molecule has 1 radical (unpaired) electrons. The first-order chi connectivity index (χ1) is 4.39. The summed E-state index contributed by atoms with van der Waals surface area (Å²) in [5, 5.41) is 0. The molecule has 0 spiro atoms. The molecule has 1 aromatic rings. The van der Waals surface area contributed by atoms with E-state index in [1.807, 2.05) is 18.2 Å². The topological polar surface area (TPSA) is 0 Å². The standard InChI is InChI=1S/C7H8.C2H3/c1-7-5-3-2-4-6-7;1-2/h2-6H,1H3;1H,2H2. The Kier molecular flexibility index (Phi) is 4.51. The molecule has 0 heteroatoms. The Bertz CT molecular complexity index is 141. The number of hydrogen-bond acceptors (Lipinski definition) is 0. The predicted molar refractivity (Wildman–Crippen MR) is 41.1 cm³/mol. The molecule has 0 N–H and O–H groups in total. The Hall–Kier alpha value is -1.04. The third-order valence-corrected chi connectivity index (χ3v) is 0.940. The third kappa shape index (κ3) is 3.53. The molecule has 47 valence electrons. The van der Waals surface area contributed by atoms with Crippen molar-refractivity contribution in [3.05, 3.63) is 49.1 Å². The molecule has 0 aromatic heterocycles. The molecule has 0 aliphatic heterocycles. The Morgan fingerprint density at radius 1 is 1.11 bits per heavy atom. The van der Waals surface area contributed by atoms with Gasteiger partial charge in [0, 0.05) is 0 Å². The summed E-state index contributed by atoms with van der Waals surface area (Å²) >= 11 is 0. The summed E-state index contributed by atoms with van der Waals surface area (Å²) in [4.78, 5) is 0. The van der Waals surface area contributed by atoms with Crippen molar-refractivity contribution in [2.75, 3.05) is 0 Å². The van der Waals surface area contributed by atoms with Crippen molar-refractivity contribution < 1.29 is 0 Å². The van der Waals surface area contributed by atoms with Crippen LogP contribution in [0.5, 0.6) is 0 Å². The van der Waals surface area contributed by atoms with E-state index in [1.165, 1.54) is 5.56 Å². The predicted octanol–water partition coefficient (Wildman–Crippen LogP) is 2.60. The maximum absolute atomic E-state index is 4.25. The van der Waals surface area contributed by atoms with Crippen LogP contribution in [0.25, 0.3) is 0 Å². The molecule has 0 aliphatic carbocycles. The lowest BCUT2D eigenvalue weighted by Crippen LogP contribution is -1.62. The van der Waals surface area contributed by atoms with E-state index in [2.05, 4.69) is 32.2 Å². The first-order valence-electron chi connectivity index (χ1n) is 2.82. The zero-order valence-corrected chi connectivity index (χ0v) is 5.67. The fourth-order valence-electron chi connectivity index (χ4n) is 0.534. The fraction of sp³-hybridized carbons (Fsp3) is 0.111. The van der Waals surface area contributed by atoms with E-state index in [9.17, 15) is 0 Å². The van der Waals surface area contributed by atoms with Gasteiger partial charge in [-0.25, -0.2) is 0 Å². The number of hydrogen-bond donors (Lipinski definition) is 0. The Morgan fingerprint density at radius 2 is 1.56 bits per heavy atom. The van der Waals surface area contributed by atoms with Crippen LogP contribution in [0.2, 0.25) is 0 Å². The molecule has 0 aliphatic rings. The number of rotatable bonds is 0. The highest BCUT2D eigenvalue weighted by Gasteiger charge is 1.72. The smallest absolute Gasteiger partial charge is 0.0398 e. The molecule has 0 atom stereocenters. The lowest BCUT2D eigenvalue weighted by molar-refractivity contribution is 1.48. The van der Waals surface area contributed by atoms with Gasteiger partial charge in [-0.1, -0.05) is 49.1 Å². The van der Waals surface area contributed by atoms with Crippen LogP contribution < -0.4 is 0 Å². The van der Waals surface area contributed by atoms with Gasteiger partial charge in [-0.05, 0) is 6.92 Å². The second-order valence-electron chi connectivity index (χ2n) is 1.65. The minimum atomic E-state index is 1.32. The molecule has 0 saturated carbocycles. The highest BCUT2D eigenvalue weighted by atomic mass is 13.8. The molecule has 0 nitrogen and oxygen atoms in total. The first-order valence-corrected chi connectivity index (χ1v) is 2.82. The average Bonchev–Trinajstić information content (AvgIpc) is 1.94. The highest BCUT2D eigenvalue weighted by Crippen LogP contribution is 1.92. The molecule has 0 saturated heterocycles. The Balaban J connectivity index is 0.000000291. The van der Waals surface area contributed by atoms with Crippen molar-refractivity contribution in [1.29, 1.82) is 0 Å². The Morgan fingerprint density at radius 3 is 1.78 bits per heavy atom. The molecule has 1 aromatic carbocycles. The summed E-state index contributed by atoms with van der Waals surface area (Å²) in [6.07, 6.45) is 0. The van der Waals surface area contributed by atoms with Gasteiger partial charge in [0.05, 0.1) is 0 Å². The minimum Gasteiger partial charge on any atom is -0.0991 e. The van der Waals surface area contributed by atoms with Crippen LogP contribution >= 0.6 is 0 Å². The quantitative estimate of drug-likeness (QED) is 0.492. The van der Waals surface area contributed by atoms with Gasteiger partial charge in [-0.2, -0.15) is 0 Å². The van der Waals surface area contributed by atoms with Gasteiger partial charge < -0.3 is 0 Å². The summed E-state index contributed by atoms with van der Waals surface area (Å²) in [5.74, 6) is 0. The summed E-state index contributed by atoms with van der Waals surface area (Å²) in [7, 11) is 0. The average molecular weight is 119 g/mol. The molecule has 0 heterocycles. The first kappa shape index (κ1) is 7.96. The van der Waals surface area contributed by atoms with Crippen LogP contribution in [-0.4, -0.2) is 0 Å². The van der Waals surface area contributed by atoms with Crippen LogP contribution in [0.4, 0.5) is 0 Å². The normalized spacial score (nSPS) is 7.22. The zero-order chi connectivity index (χ0) is 7.11. The Labute approximate surface area is 56.8 Å². The van der Waals surface area contributed by atoms with Crippen molar-refractivity contribution in [2.24, 2.45) is 0 Å². The van der Waals surface area contributed by atoms with E-state index >= 15 is 0 Å². The van der Waals surface area contributed by atoms with Gasteiger partial charge in [-0.15, -0.1) is 0 Å².